The molecule has 0 atom stereocenters. The highest BCUT2D eigenvalue weighted by Gasteiger charge is 2.24. The van der Waals surface area contributed by atoms with Crippen LogP contribution < -0.4 is 4.90 Å². The molecule has 98 valence electrons. The number of sulfonamides is 1. The average Bonchev–Trinajstić information content (AvgIpc) is 2.40. The normalized spacial score (nSPS) is 17.7. The van der Waals surface area contributed by atoms with E-state index in [1.807, 2.05) is 4.90 Å². The number of piperazine rings is 1. The van der Waals surface area contributed by atoms with Crippen LogP contribution in [0, 0.1) is 5.82 Å². The molecule has 1 aromatic rings. The van der Waals surface area contributed by atoms with Gasteiger partial charge in [-0.05, 0) is 24.3 Å². The topological polar surface area (TPSA) is 40.6 Å². The molecule has 0 aromatic heterocycles. The highest BCUT2D eigenvalue weighted by atomic mass is 32.2. The van der Waals surface area contributed by atoms with Crippen molar-refractivity contribution < 1.29 is 12.8 Å². The number of hydrogen-bond acceptors (Lipinski definition) is 3. The lowest BCUT2D eigenvalue weighted by atomic mass is 10.2. The molecular weight excluding hydrogens is 255 g/mol. The van der Waals surface area contributed by atoms with Crippen LogP contribution in [0.3, 0.4) is 0 Å². The summed E-state index contributed by atoms with van der Waals surface area (Å²) in [4.78, 5) is 2.04. The SMILES string of the molecule is C=CS(=O)(=O)N1CCN(c2ccc(F)cc2)CC1. The molecule has 1 aromatic carbocycles. The first-order valence-electron chi connectivity index (χ1n) is 5.66. The van der Waals surface area contributed by atoms with Gasteiger partial charge in [-0.3, -0.25) is 0 Å². The number of halogens is 1. The quantitative estimate of drug-likeness (QED) is 0.834. The summed E-state index contributed by atoms with van der Waals surface area (Å²) >= 11 is 0. The van der Waals surface area contributed by atoms with Gasteiger partial charge in [0.2, 0.25) is 10.0 Å². The Balaban J connectivity index is 2.03. The van der Waals surface area contributed by atoms with Gasteiger partial charge in [-0.15, -0.1) is 0 Å². The van der Waals surface area contributed by atoms with E-state index in [0.717, 1.165) is 11.1 Å². The van der Waals surface area contributed by atoms with Crippen LogP contribution in [0.4, 0.5) is 10.1 Å². The van der Waals surface area contributed by atoms with Crippen molar-refractivity contribution in [3.8, 4) is 0 Å². The zero-order valence-electron chi connectivity index (χ0n) is 9.92. The van der Waals surface area contributed by atoms with Crippen molar-refractivity contribution >= 4 is 15.7 Å². The van der Waals surface area contributed by atoms with Crippen LogP contribution in [-0.4, -0.2) is 38.9 Å². The molecule has 0 unspecified atom stereocenters. The number of hydrogen-bond donors (Lipinski definition) is 0. The molecule has 6 heteroatoms. The van der Waals surface area contributed by atoms with E-state index < -0.39 is 10.0 Å². The molecule has 18 heavy (non-hydrogen) atoms. The van der Waals surface area contributed by atoms with Crippen molar-refractivity contribution in [3.05, 3.63) is 42.1 Å². The molecule has 1 aliphatic heterocycles. The first-order chi connectivity index (χ1) is 8.53. The van der Waals surface area contributed by atoms with Gasteiger partial charge in [0.25, 0.3) is 0 Å². The summed E-state index contributed by atoms with van der Waals surface area (Å²) in [6.07, 6.45) is 0. The van der Waals surface area contributed by atoms with Crippen molar-refractivity contribution in [1.82, 2.24) is 4.31 Å². The first kappa shape index (κ1) is 13.0. The minimum atomic E-state index is -3.32. The molecule has 1 fully saturated rings. The molecule has 0 saturated carbocycles. The standard InChI is InChI=1S/C12H15FN2O2S/c1-2-18(16,17)15-9-7-14(8-10-15)12-5-3-11(13)4-6-12/h2-6H,1,7-10H2. The zero-order chi connectivity index (χ0) is 13.2. The monoisotopic (exact) mass is 270 g/mol. The summed E-state index contributed by atoms with van der Waals surface area (Å²) in [5, 5.41) is 0.973. The minimum Gasteiger partial charge on any atom is -0.369 e. The lowest BCUT2D eigenvalue weighted by molar-refractivity contribution is 0.390. The number of rotatable bonds is 3. The van der Waals surface area contributed by atoms with Crippen molar-refractivity contribution in [1.29, 1.82) is 0 Å². The molecule has 0 aliphatic carbocycles. The lowest BCUT2D eigenvalue weighted by Crippen LogP contribution is -2.48. The molecule has 1 heterocycles. The fraction of sp³-hybridized carbons (Fsp3) is 0.333. The summed E-state index contributed by atoms with van der Waals surface area (Å²) in [6, 6.07) is 6.21. The summed E-state index contributed by atoms with van der Waals surface area (Å²) in [6.45, 7) is 5.35. The molecule has 0 spiro atoms. The van der Waals surface area contributed by atoms with Gasteiger partial charge in [-0.2, -0.15) is 4.31 Å². The minimum absolute atomic E-state index is 0.272. The molecule has 0 amide bonds. The van der Waals surface area contributed by atoms with Crippen LogP contribution in [0.2, 0.25) is 0 Å². The molecule has 0 radical (unpaired) electrons. The third-order valence-corrected chi connectivity index (χ3v) is 4.51. The number of anilines is 1. The van der Waals surface area contributed by atoms with Crippen LogP contribution in [0.25, 0.3) is 0 Å². The Kier molecular flexibility index (Phi) is 3.68. The average molecular weight is 270 g/mol. The van der Waals surface area contributed by atoms with Gasteiger partial charge >= 0.3 is 0 Å². The zero-order valence-corrected chi connectivity index (χ0v) is 10.7. The van der Waals surface area contributed by atoms with Crippen molar-refractivity contribution in [2.75, 3.05) is 31.1 Å². The first-order valence-corrected chi connectivity index (χ1v) is 7.16. The van der Waals surface area contributed by atoms with E-state index in [1.165, 1.54) is 16.4 Å². The van der Waals surface area contributed by atoms with E-state index in [4.69, 9.17) is 0 Å². The van der Waals surface area contributed by atoms with Crippen molar-refractivity contribution in [2.24, 2.45) is 0 Å². The second-order valence-corrected chi connectivity index (χ2v) is 5.95. The number of nitrogens with zero attached hydrogens (tertiary/aromatic N) is 2. The lowest BCUT2D eigenvalue weighted by Gasteiger charge is -2.34. The molecule has 1 saturated heterocycles. The second-order valence-electron chi connectivity index (χ2n) is 4.07. The number of benzene rings is 1. The van der Waals surface area contributed by atoms with Gasteiger partial charge in [0, 0.05) is 37.3 Å². The Bertz CT molecular complexity index is 520. The van der Waals surface area contributed by atoms with E-state index in [0.29, 0.717) is 26.2 Å². The molecular formula is C12H15FN2O2S. The second kappa shape index (κ2) is 5.07. The van der Waals surface area contributed by atoms with Crippen molar-refractivity contribution in [2.45, 2.75) is 0 Å². The Hall–Kier alpha value is -1.40. The Morgan fingerprint density at radius 1 is 1.11 bits per heavy atom. The predicted molar refractivity (Wildman–Crippen MR) is 69.3 cm³/mol. The summed E-state index contributed by atoms with van der Waals surface area (Å²) < 4.78 is 37.4. The molecule has 0 bridgehead atoms. The summed E-state index contributed by atoms with van der Waals surface area (Å²) in [5.41, 5.74) is 0.909. The van der Waals surface area contributed by atoms with E-state index in [2.05, 4.69) is 6.58 Å². The van der Waals surface area contributed by atoms with Crippen molar-refractivity contribution in [3.63, 3.8) is 0 Å². The van der Waals surface area contributed by atoms with Crippen LogP contribution in [-0.2, 0) is 10.0 Å². The van der Waals surface area contributed by atoms with Crippen LogP contribution in [0.15, 0.2) is 36.3 Å². The Labute approximate surface area is 106 Å². The van der Waals surface area contributed by atoms with Gasteiger partial charge in [0.1, 0.15) is 5.82 Å². The summed E-state index contributed by atoms with van der Waals surface area (Å²) in [7, 11) is -3.32. The van der Waals surface area contributed by atoms with E-state index in [1.54, 1.807) is 12.1 Å². The highest BCUT2D eigenvalue weighted by Crippen LogP contribution is 2.18. The third kappa shape index (κ3) is 2.70. The molecule has 1 aliphatic rings. The fourth-order valence-corrected chi connectivity index (χ4v) is 2.84. The molecule has 4 nitrogen and oxygen atoms in total. The largest absolute Gasteiger partial charge is 0.369 e. The van der Waals surface area contributed by atoms with Crippen LogP contribution in [0.1, 0.15) is 0 Å². The van der Waals surface area contributed by atoms with Gasteiger partial charge in [0.15, 0.2) is 0 Å². The maximum atomic E-state index is 12.8. The predicted octanol–water partition coefficient (Wildman–Crippen LogP) is 1.42. The van der Waals surface area contributed by atoms with Gasteiger partial charge in [-0.25, -0.2) is 12.8 Å². The summed E-state index contributed by atoms with van der Waals surface area (Å²) in [5.74, 6) is -0.272. The van der Waals surface area contributed by atoms with Gasteiger partial charge in [0.05, 0.1) is 0 Å². The maximum absolute atomic E-state index is 12.8. The van der Waals surface area contributed by atoms with Crippen LogP contribution in [0.5, 0.6) is 0 Å². The maximum Gasteiger partial charge on any atom is 0.235 e. The smallest absolute Gasteiger partial charge is 0.235 e. The van der Waals surface area contributed by atoms with E-state index >= 15 is 0 Å². The highest BCUT2D eigenvalue weighted by molar-refractivity contribution is 7.92. The Morgan fingerprint density at radius 3 is 2.17 bits per heavy atom. The third-order valence-electron chi connectivity index (χ3n) is 3.00. The fourth-order valence-electron chi connectivity index (χ4n) is 1.96. The molecule has 0 N–H and O–H groups in total. The van der Waals surface area contributed by atoms with Gasteiger partial charge < -0.3 is 4.90 Å². The van der Waals surface area contributed by atoms with E-state index in [9.17, 15) is 12.8 Å². The van der Waals surface area contributed by atoms with E-state index in [-0.39, 0.29) is 5.82 Å². The Morgan fingerprint density at radius 2 is 1.67 bits per heavy atom. The molecule has 2 rings (SSSR count). The van der Waals surface area contributed by atoms with Gasteiger partial charge in [-0.1, -0.05) is 6.58 Å². The van der Waals surface area contributed by atoms with Crippen LogP contribution >= 0.6 is 0 Å².